The Morgan fingerprint density at radius 2 is 2.00 bits per heavy atom. The van der Waals surface area contributed by atoms with Gasteiger partial charge in [0.2, 0.25) is 0 Å². The maximum atomic E-state index is 9.53. The Morgan fingerprint density at radius 3 is 2.75 bits per heavy atom. The number of piperazine rings is 1. The fourth-order valence-electron chi connectivity index (χ4n) is 3.82. The summed E-state index contributed by atoms with van der Waals surface area (Å²) >= 11 is 1.73. The van der Waals surface area contributed by atoms with Gasteiger partial charge < -0.3 is 9.52 Å². The molecule has 3 aromatic rings. The van der Waals surface area contributed by atoms with Crippen molar-refractivity contribution >= 4 is 11.3 Å². The summed E-state index contributed by atoms with van der Waals surface area (Å²) in [6.07, 6.45) is 0.781. The van der Waals surface area contributed by atoms with Gasteiger partial charge in [-0.05, 0) is 25.5 Å². The van der Waals surface area contributed by atoms with Crippen LogP contribution in [0.2, 0.25) is 0 Å². The second-order valence-electron chi connectivity index (χ2n) is 7.38. The minimum atomic E-state index is 0.210. The van der Waals surface area contributed by atoms with Crippen LogP contribution in [0.3, 0.4) is 0 Å². The third-order valence-electron chi connectivity index (χ3n) is 5.29. The zero-order chi connectivity index (χ0) is 19.3. The highest BCUT2D eigenvalue weighted by Crippen LogP contribution is 2.24. The number of aliphatic hydroxyl groups is 1. The smallest absolute Gasteiger partial charge is 0.118 e. The van der Waals surface area contributed by atoms with Gasteiger partial charge in [0, 0.05) is 43.2 Å². The molecule has 0 aliphatic carbocycles. The first-order valence-electron chi connectivity index (χ1n) is 9.83. The third kappa shape index (κ3) is 4.70. The van der Waals surface area contributed by atoms with Crippen molar-refractivity contribution in [3.63, 3.8) is 0 Å². The summed E-state index contributed by atoms with van der Waals surface area (Å²) in [6, 6.07) is 14.7. The quantitative estimate of drug-likeness (QED) is 0.658. The van der Waals surface area contributed by atoms with Gasteiger partial charge >= 0.3 is 0 Å². The van der Waals surface area contributed by atoms with Crippen LogP contribution in [0.25, 0.3) is 11.3 Å². The lowest BCUT2D eigenvalue weighted by Gasteiger charge is -2.40. The maximum absolute atomic E-state index is 9.53. The monoisotopic (exact) mass is 397 g/mol. The second-order valence-corrected chi connectivity index (χ2v) is 8.32. The molecule has 4 rings (SSSR count). The van der Waals surface area contributed by atoms with Crippen molar-refractivity contribution in [1.29, 1.82) is 0 Å². The number of nitrogens with zero attached hydrogens (tertiary/aromatic N) is 3. The molecule has 2 aromatic heterocycles. The molecule has 0 amide bonds. The molecule has 1 saturated heterocycles. The maximum Gasteiger partial charge on any atom is 0.118 e. The molecule has 1 N–H and O–H groups in total. The number of hydrogen-bond donors (Lipinski definition) is 1. The van der Waals surface area contributed by atoms with E-state index in [2.05, 4.69) is 33.4 Å². The fourth-order valence-corrected chi connectivity index (χ4v) is 4.66. The summed E-state index contributed by atoms with van der Waals surface area (Å²) in [5, 5.41) is 12.8. The summed E-state index contributed by atoms with van der Waals surface area (Å²) in [6.45, 7) is 6.78. The van der Waals surface area contributed by atoms with Gasteiger partial charge in [0.1, 0.15) is 16.5 Å². The topological polar surface area (TPSA) is 52.7 Å². The van der Waals surface area contributed by atoms with E-state index < -0.39 is 0 Å². The molecule has 148 valence electrons. The fraction of sp³-hybridized carbons (Fsp3) is 0.409. The van der Waals surface area contributed by atoms with Gasteiger partial charge in [0.25, 0.3) is 0 Å². The Hall–Kier alpha value is -1.99. The molecule has 1 fully saturated rings. The van der Waals surface area contributed by atoms with Crippen molar-refractivity contribution in [1.82, 2.24) is 14.8 Å². The van der Waals surface area contributed by atoms with Crippen molar-refractivity contribution in [3.8, 4) is 11.3 Å². The summed E-state index contributed by atoms with van der Waals surface area (Å²) < 4.78 is 5.75. The van der Waals surface area contributed by atoms with Crippen LogP contribution in [-0.4, -0.2) is 52.2 Å². The highest BCUT2D eigenvalue weighted by molar-refractivity contribution is 7.09. The van der Waals surface area contributed by atoms with Crippen LogP contribution in [0.1, 0.15) is 22.9 Å². The lowest BCUT2D eigenvalue weighted by atomic mass is 10.1. The van der Waals surface area contributed by atoms with Gasteiger partial charge in [-0.15, -0.1) is 11.3 Å². The Bertz CT molecular complexity index is 877. The molecule has 0 spiro atoms. The highest BCUT2D eigenvalue weighted by Gasteiger charge is 2.27. The molecule has 0 radical (unpaired) electrons. The van der Waals surface area contributed by atoms with Gasteiger partial charge in [-0.1, -0.05) is 30.3 Å². The molecule has 1 atom stereocenters. The molecule has 28 heavy (non-hydrogen) atoms. The van der Waals surface area contributed by atoms with Crippen molar-refractivity contribution in [2.45, 2.75) is 32.5 Å². The van der Waals surface area contributed by atoms with Gasteiger partial charge in [0.15, 0.2) is 0 Å². The Balaban J connectivity index is 1.38. The standard InChI is InChI=1S/C22H27N3O2S/c1-17-7-8-20(27-17)14-25-11-10-24(13-19(25)9-12-26)15-22-23-21(16-28-22)18-5-3-2-4-6-18/h2-8,16,19,26H,9-15H2,1H3. The minimum Gasteiger partial charge on any atom is -0.465 e. The molecule has 1 aliphatic rings. The third-order valence-corrected chi connectivity index (χ3v) is 6.12. The number of aliphatic hydroxyl groups excluding tert-OH is 1. The lowest BCUT2D eigenvalue weighted by molar-refractivity contribution is 0.0454. The van der Waals surface area contributed by atoms with E-state index in [4.69, 9.17) is 9.40 Å². The average molecular weight is 398 g/mol. The van der Waals surface area contributed by atoms with E-state index in [0.29, 0.717) is 6.04 Å². The van der Waals surface area contributed by atoms with Gasteiger partial charge in [0.05, 0.1) is 18.8 Å². The number of benzene rings is 1. The highest BCUT2D eigenvalue weighted by atomic mass is 32.1. The lowest BCUT2D eigenvalue weighted by Crippen LogP contribution is -2.52. The number of aryl methyl sites for hydroxylation is 1. The molecular formula is C22H27N3O2S. The van der Waals surface area contributed by atoms with E-state index in [1.54, 1.807) is 11.3 Å². The van der Waals surface area contributed by atoms with E-state index in [-0.39, 0.29) is 6.61 Å². The van der Waals surface area contributed by atoms with E-state index in [0.717, 1.165) is 61.4 Å². The Morgan fingerprint density at radius 1 is 1.14 bits per heavy atom. The van der Waals surface area contributed by atoms with Crippen molar-refractivity contribution in [3.05, 3.63) is 64.4 Å². The van der Waals surface area contributed by atoms with Gasteiger partial charge in [-0.2, -0.15) is 0 Å². The molecule has 0 saturated carbocycles. The minimum absolute atomic E-state index is 0.210. The van der Waals surface area contributed by atoms with E-state index in [9.17, 15) is 5.11 Å². The van der Waals surface area contributed by atoms with Crippen LogP contribution >= 0.6 is 11.3 Å². The van der Waals surface area contributed by atoms with Crippen LogP contribution in [-0.2, 0) is 13.1 Å². The summed E-state index contributed by atoms with van der Waals surface area (Å²) in [4.78, 5) is 9.72. The Labute approximate surface area is 170 Å². The summed E-state index contributed by atoms with van der Waals surface area (Å²) in [5.74, 6) is 1.95. The number of rotatable bonds is 7. The summed E-state index contributed by atoms with van der Waals surface area (Å²) in [5.41, 5.74) is 2.22. The number of furan rings is 1. The molecule has 5 nitrogen and oxygen atoms in total. The van der Waals surface area contributed by atoms with Crippen molar-refractivity contribution in [2.24, 2.45) is 0 Å². The zero-order valence-corrected chi connectivity index (χ0v) is 17.1. The molecule has 6 heteroatoms. The van der Waals surface area contributed by atoms with Crippen LogP contribution in [0.4, 0.5) is 0 Å². The average Bonchev–Trinajstić information content (AvgIpc) is 3.34. The second kappa shape index (κ2) is 9.01. The van der Waals surface area contributed by atoms with Gasteiger partial charge in [-0.25, -0.2) is 4.98 Å². The number of thiazole rings is 1. The molecule has 1 aliphatic heterocycles. The normalized spacial score (nSPS) is 18.6. The SMILES string of the molecule is Cc1ccc(CN2CCN(Cc3nc(-c4ccccc4)cs3)CC2CCO)o1. The van der Waals surface area contributed by atoms with Crippen LogP contribution in [0.15, 0.2) is 52.3 Å². The first kappa shape index (κ1) is 19.3. The largest absolute Gasteiger partial charge is 0.465 e. The molecule has 3 heterocycles. The predicted octanol–water partition coefficient (Wildman–Crippen LogP) is 3.78. The van der Waals surface area contributed by atoms with Crippen LogP contribution in [0.5, 0.6) is 0 Å². The van der Waals surface area contributed by atoms with Crippen LogP contribution in [0, 0.1) is 6.92 Å². The summed E-state index contributed by atoms with van der Waals surface area (Å²) in [7, 11) is 0. The van der Waals surface area contributed by atoms with E-state index >= 15 is 0 Å². The Kier molecular flexibility index (Phi) is 6.22. The molecule has 0 bridgehead atoms. The molecular weight excluding hydrogens is 370 g/mol. The van der Waals surface area contributed by atoms with Crippen molar-refractivity contribution < 1.29 is 9.52 Å². The zero-order valence-electron chi connectivity index (χ0n) is 16.3. The van der Waals surface area contributed by atoms with Gasteiger partial charge in [-0.3, -0.25) is 9.80 Å². The predicted molar refractivity (Wildman–Crippen MR) is 112 cm³/mol. The van der Waals surface area contributed by atoms with Crippen molar-refractivity contribution in [2.75, 3.05) is 26.2 Å². The first-order chi connectivity index (χ1) is 13.7. The molecule has 1 aromatic carbocycles. The van der Waals surface area contributed by atoms with E-state index in [1.165, 1.54) is 5.56 Å². The number of aromatic nitrogens is 1. The molecule has 1 unspecified atom stereocenters. The number of hydrogen-bond acceptors (Lipinski definition) is 6. The van der Waals surface area contributed by atoms with Crippen LogP contribution < -0.4 is 0 Å². The first-order valence-corrected chi connectivity index (χ1v) is 10.7. The van der Waals surface area contributed by atoms with E-state index in [1.807, 2.05) is 31.2 Å².